The van der Waals surface area contributed by atoms with E-state index < -0.39 is 35.6 Å². The van der Waals surface area contributed by atoms with Crippen molar-refractivity contribution in [1.29, 1.82) is 0 Å². The third-order valence-electron chi connectivity index (χ3n) is 5.76. The van der Waals surface area contributed by atoms with Gasteiger partial charge in [0.05, 0.1) is 37.4 Å². The number of aliphatic carboxylic acids is 1. The molecule has 2 aliphatic heterocycles. The summed E-state index contributed by atoms with van der Waals surface area (Å²) in [5.74, 6) is -3.55. The maximum atomic E-state index is 13.0. The van der Waals surface area contributed by atoms with E-state index in [-0.39, 0.29) is 42.7 Å². The third-order valence-corrected chi connectivity index (χ3v) is 5.76. The molecule has 2 heterocycles. The highest BCUT2D eigenvalue weighted by atomic mass is 16.5. The summed E-state index contributed by atoms with van der Waals surface area (Å²) in [6.07, 6.45) is 0.488. The zero-order valence-corrected chi connectivity index (χ0v) is 20.2. The van der Waals surface area contributed by atoms with Crippen LogP contribution >= 0.6 is 0 Å². The minimum atomic E-state index is -1.02. The summed E-state index contributed by atoms with van der Waals surface area (Å²) < 4.78 is 10.9. The molecule has 4 N–H and O–H groups in total. The second-order valence-electron chi connectivity index (χ2n) is 8.42. The van der Waals surface area contributed by atoms with Crippen LogP contribution in [0.4, 0.5) is 5.69 Å². The monoisotopic (exact) mass is 518 g/mol. The molecule has 1 fully saturated rings. The molecule has 0 spiro atoms. The molecule has 0 radical (unpaired) electrons. The molecular formula is C24H30N4O9. The molecule has 2 aliphatic rings. The Morgan fingerprint density at radius 1 is 1.00 bits per heavy atom. The lowest BCUT2D eigenvalue weighted by molar-refractivity contribution is -0.139. The molecule has 13 nitrogen and oxygen atoms in total. The number of fused-ring (bicyclic) bond motifs is 1. The van der Waals surface area contributed by atoms with Crippen LogP contribution in [-0.2, 0) is 28.7 Å². The highest BCUT2D eigenvalue weighted by molar-refractivity contribution is 6.25. The van der Waals surface area contributed by atoms with Crippen molar-refractivity contribution in [2.75, 3.05) is 44.8 Å². The number of hydrogen-bond donors (Lipinski definition) is 4. The Labute approximate surface area is 212 Å². The molecule has 1 unspecified atom stereocenters. The number of carbonyl (C=O) groups excluding carboxylic acids is 5. The fraction of sp³-hybridized carbons (Fsp3) is 0.500. The van der Waals surface area contributed by atoms with Crippen molar-refractivity contribution in [3.05, 3.63) is 29.3 Å². The van der Waals surface area contributed by atoms with Crippen molar-refractivity contribution in [2.45, 2.75) is 38.1 Å². The van der Waals surface area contributed by atoms with Crippen LogP contribution in [0.1, 0.15) is 52.8 Å². The second-order valence-corrected chi connectivity index (χ2v) is 8.42. The highest BCUT2D eigenvalue weighted by Crippen LogP contribution is 2.32. The predicted octanol–water partition coefficient (Wildman–Crippen LogP) is -0.0960. The highest BCUT2D eigenvalue weighted by Gasteiger charge is 2.45. The number of carbonyl (C=O) groups is 6. The molecular weight excluding hydrogens is 488 g/mol. The maximum Gasteiger partial charge on any atom is 0.303 e. The summed E-state index contributed by atoms with van der Waals surface area (Å²) in [6, 6.07) is 3.82. The molecule has 0 saturated carbocycles. The fourth-order valence-electron chi connectivity index (χ4n) is 3.95. The van der Waals surface area contributed by atoms with Gasteiger partial charge in [0.1, 0.15) is 6.04 Å². The summed E-state index contributed by atoms with van der Waals surface area (Å²) in [4.78, 5) is 72.2. The van der Waals surface area contributed by atoms with Crippen molar-refractivity contribution >= 4 is 41.2 Å². The lowest BCUT2D eigenvalue weighted by atomic mass is 10.0. The Bertz CT molecular complexity index is 1060. The third kappa shape index (κ3) is 7.57. The first kappa shape index (κ1) is 27.7. The number of carboxylic acids is 1. The van der Waals surface area contributed by atoms with Crippen LogP contribution in [0.2, 0.25) is 0 Å². The van der Waals surface area contributed by atoms with Gasteiger partial charge in [0.15, 0.2) is 0 Å². The first-order chi connectivity index (χ1) is 17.8. The van der Waals surface area contributed by atoms with Crippen LogP contribution in [0.15, 0.2) is 18.2 Å². The average molecular weight is 519 g/mol. The van der Waals surface area contributed by atoms with E-state index in [0.29, 0.717) is 51.6 Å². The molecule has 13 heteroatoms. The van der Waals surface area contributed by atoms with E-state index in [2.05, 4.69) is 16.0 Å². The van der Waals surface area contributed by atoms with Gasteiger partial charge in [-0.25, -0.2) is 0 Å². The van der Waals surface area contributed by atoms with E-state index in [4.69, 9.17) is 14.6 Å². The standard InChI is InChI=1S/C24H30N4O9/c29-18(7-8-20(31)32)26-9-2-11-36-13-14-37-12-10-25-16-4-1-3-15-21(16)24(35)28(23(15)34)17-5-6-19(30)27-22(17)33/h1,3-4,17,25H,2,5-14H2,(H,26,29)(H,31,32)(H,27,30,33). The van der Waals surface area contributed by atoms with Crippen LogP contribution in [0.25, 0.3) is 0 Å². The number of rotatable bonds is 15. The van der Waals surface area contributed by atoms with Gasteiger partial charge < -0.3 is 25.2 Å². The number of carboxylic acid groups (broad SMARTS) is 1. The summed E-state index contributed by atoms with van der Waals surface area (Å²) in [6.45, 7) is 2.16. The Balaban J connectivity index is 1.33. The SMILES string of the molecule is O=C(O)CCC(=O)NCCCOCCOCCNc1cccc2c1C(=O)N(C1CCC(=O)NC1=O)C2=O. The van der Waals surface area contributed by atoms with Crippen molar-refractivity contribution in [1.82, 2.24) is 15.5 Å². The molecule has 0 aromatic heterocycles. The number of hydrogen-bond acceptors (Lipinski definition) is 9. The summed E-state index contributed by atoms with van der Waals surface area (Å²) >= 11 is 0. The van der Waals surface area contributed by atoms with Gasteiger partial charge in [0.25, 0.3) is 11.8 Å². The van der Waals surface area contributed by atoms with E-state index in [0.717, 1.165) is 4.90 Å². The lowest BCUT2D eigenvalue weighted by Crippen LogP contribution is -2.54. The smallest absolute Gasteiger partial charge is 0.303 e. The molecule has 1 saturated heterocycles. The number of nitrogens with one attached hydrogen (secondary N) is 3. The molecule has 0 aliphatic carbocycles. The lowest BCUT2D eigenvalue weighted by Gasteiger charge is -2.27. The normalized spacial score (nSPS) is 17.0. The number of nitrogens with zero attached hydrogens (tertiary/aromatic N) is 1. The van der Waals surface area contributed by atoms with Crippen LogP contribution in [-0.4, -0.2) is 91.1 Å². The number of amides is 5. The Morgan fingerprint density at radius 2 is 1.76 bits per heavy atom. The van der Waals surface area contributed by atoms with E-state index in [1.54, 1.807) is 12.1 Å². The van der Waals surface area contributed by atoms with E-state index >= 15 is 0 Å². The van der Waals surface area contributed by atoms with E-state index in [1.807, 2.05) is 0 Å². The minimum absolute atomic E-state index is 0.0492. The zero-order valence-electron chi connectivity index (χ0n) is 20.2. The van der Waals surface area contributed by atoms with Gasteiger partial charge in [-0.3, -0.25) is 39.0 Å². The number of imide groups is 2. The number of ether oxygens (including phenoxy) is 2. The molecule has 1 atom stereocenters. The summed E-state index contributed by atoms with van der Waals surface area (Å²) in [5, 5.41) is 16.4. The van der Waals surface area contributed by atoms with Crippen LogP contribution in [0, 0.1) is 0 Å². The molecule has 3 rings (SSSR count). The van der Waals surface area contributed by atoms with Crippen LogP contribution in [0.5, 0.6) is 0 Å². The number of anilines is 1. The van der Waals surface area contributed by atoms with Crippen LogP contribution in [0.3, 0.4) is 0 Å². The molecule has 1 aromatic carbocycles. The molecule has 5 amide bonds. The first-order valence-corrected chi connectivity index (χ1v) is 12.0. The molecule has 37 heavy (non-hydrogen) atoms. The quantitative estimate of drug-likeness (QED) is 0.181. The van der Waals surface area contributed by atoms with E-state index in [9.17, 15) is 28.8 Å². The molecule has 200 valence electrons. The Kier molecular flexibility index (Phi) is 10.1. The van der Waals surface area contributed by atoms with Gasteiger partial charge in [-0.1, -0.05) is 6.07 Å². The molecule has 0 bridgehead atoms. The second kappa shape index (κ2) is 13.5. The van der Waals surface area contributed by atoms with Crippen molar-refractivity contribution in [3.8, 4) is 0 Å². The maximum absolute atomic E-state index is 13.0. The average Bonchev–Trinajstić information content (AvgIpc) is 3.11. The molecule has 1 aromatic rings. The fourth-order valence-corrected chi connectivity index (χ4v) is 3.95. The van der Waals surface area contributed by atoms with Gasteiger partial charge in [-0.15, -0.1) is 0 Å². The summed E-state index contributed by atoms with van der Waals surface area (Å²) in [5.41, 5.74) is 0.846. The van der Waals surface area contributed by atoms with Gasteiger partial charge in [-0.2, -0.15) is 0 Å². The Hall–Kier alpha value is -3.84. The van der Waals surface area contributed by atoms with E-state index in [1.165, 1.54) is 6.07 Å². The van der Waals surface area contributed by atoms with Crippen LogP contribution < -0.4 is 16.0 Å². The van der Waals surface area contributed by atoms with Gasteiger partial charge >= 0.3 is 5.97 Å². The van der Waals surface area contributed by atoms with Crippen molar-refractivity contribution < 1.29 is 43.3 Å². The predicted molar refractivity (Wildman–Crippen MR) is 128 cm³/mol. The van der Waals surface area contributed by atoms with Gasteiger partial charge in [0.2, 0.25) is 17.7 Å². The Morgan fingerprint density at radius 3 is 2.49 bits per heavy atom. The minimum Gasteiger partial charge on any atom is -0.481 e. The van der Waals surface area contributed by atoms with Gasteiger partial charge in [-0.05, 0) is 25.0 Å². The zero-order chi connectivity index (χ0) is 26.8. The van der Waals surface area contributed by atoms with Gasteiger partial charge in [0, 0.05) is 38.2 Å². The largest absolute Gasteiger partial charge is 0.481 e. The summed E-state index contributed by atoms with van der Waals surface area (Å²) in [7, 11) is 0. The first-order valence-electron chi connectivity index (χ1n) is 12.0. The topological polar surface area (TPSA) is 180 Å². The van der Waals surface area contributed by atoms with Crippen molar-refractivity contribution in [2.24, 2.45) is 0 Å². The number of piperidine rings is 1. The number of benzene rings is 1. The van der Waals surface area contributed by atoms with Crippen molar-refractivity contribution in [3.63, 3.8) is 0 Å².